The lowest BCUT2D eigenvalue weighted by Gasteiger charge is -2.08. The van der Waals surface area contributed by atoms with Gasteiger partial charge in [-0.25, -0.2) is 4.98 Å². The largest absolute Gasteiger partial charge is 0.417 e. The van der Waals surface area contributed by atoms with E-state index in [2.05, 4.69) is 31.2 Å². The molecule has 0 fully saturated rings. The van der Waals surface area contributed by atoms with Crippen molar-refractivity contribution in [2.24, 2.45) is 0 Å². The van der Waals surface area contributed by atoms with Gasteiger partial charge in [0, 0.05) is 16.9 Å². The van der Waals surface area contributed by atoms with Gasteiger partial charge in [-0.15, -0.1) is 0 Å². The van der Waals surface area contributed by atoms with Gasteiger partial charge >= 0.3 is 6.18 Å². The normalized spacial score (nSPS) is 11.3. The van der Waals surface area contributed by atoms with Crippen LogP contribution in [0.2, 0.25) is 5.15 Å². The molecule has 9 heteroatoms. The lowest BCUT2D eigenvalue weighted by Crippen LogP contribution is -2.15. The molecular formula is C12H6BrClF3N3O. The quantitative estimate of drug-likeness (QED) is 0.796. The first-order chi connectivity index (χ1) is 9.77. The average Bonchev–Trinajstić information content (AvgIpc) is 2.42. The van der Waals surface area contributed by atoms with Crippen molar-refractivity contribution in [3.63, 3.8) is 0 Å². The van der Waals surface area contributed by atoms with Gasteiger partial charge in [-0.05, 0) is 34.1 Å². The van der Waals surface area contributed by atoms with E-state index in [0.717, 1.165) is 12.1 Å². The summed E-state index contributed by atoms with van der Waals surface area (Å²) in [5.74, 6) is -0.689. The van der Waals surface area contributed by atoms with Gasteiger partial charge in [0.15, 0.2) is 5.15 Å². The maximum absolute atomic E-state index is 12.4. The van der Waals surface area contributed by atoms with Crippen molar-refractivity contribution in [3.8, 4) is 0 Å². The molecule has 0 aliphatic rings. The van der Waals surface area contributed by atoms with E-state index in [1.165, 1.54) is 12.3 Å². The maximum Gasteiger partial charge on any atom is 0.417 e. The smallest absolute Gasteiger partial charge is 0.318 e. The zero-order chi connectivity index (χ0) is 15.6. The summed E-state index contributed by atoms with van der Waals surface area (Å²) in [5, 5.41) is 2.47. The average molecular weight is 381 g/mol. The van der Waals surface area contributed by atoms with Crippen molar-refractivity contribution in [1.29, 1.82) is 0 Å². The number of pyridine rings is 2. The van der Waals surface area contributed by atoms with E-state index in [9.17, 15) is 18.0 Å². The first-order valence-corrected chi connectivity index (χ1v) is 6.60. The molecule has 4 nitrogen and oxygen atoms in total. The zero-order valence-corrected chi connectivity index (χ0v) is 12.4. The van der Waals surface area contributed by atoms with Crippen LogP contribution in [-0.4, -0.2) is 15.9 Å². The molecule has 0 atom stereocenters. The van der Waals surface area contributed by atoms with E-state index in [4.69, 9.17) is 11.6 Å². The molecule has 2 aromatic heterocycles. The zero-order valence-electron chi connectivity index (χ0n) is 10.1. The minimum Gasteiger partial charge on any atom is -0.318 e. The van der Waals surface area contributed by atoms with Gasteiger partial charge in [-0.1, -0.05) is 11.6 Å². The van der Waals surface area contributed by atoms with Crippen molar-refractivity contribution < 1.29 is 18.0 Å². The van der Waals surface area contributed by atoms with Crippen LogP contribution in [0.25, 0.3) is 0 Å². The maximum atomic E-state index is 12.4. The molecule has 0 aliphatic carbocycles. The van der Waals surface area contributed by atoms with Crippen LogP contribution in [0.15, 0.2) is 35.1 Å². The fraction of sp³-hybridized carbons (Fsp3) is 0.0833. The molecule has 0 aromatic carbocycles. The van der Waals surface area contributed by atoms with Crippen LogP contribution in [0, 0.1) is 0 Å². The summed E-state index contributed by atoms with van der Waals surface area (Å²) < 4.78 is 37.8. The Morgan fingerprint density at radius 1 is 1.24 bits per heavy atom. The first kappa shape index (κ1) is 15.7. The monoisotopic (exact) mass is 379 g/mol. The Kier molecular flexibility index (Phi) is 4.48. The molecule has 0 saturated carbocycles. The van der Waals surface area contributed by atoms with Gasteiger partial charge in [0.25, 0.3) is 5.91 Å². The van der Waals surface area contributed by atoms with Gasteiger partial charge in [0.2, 0.25) is 0 Å². The third kappa shape index (κ3) is 3.92. The molecule has 2 heterocycles. The van der Waals surface area contributed by atoms with E-state index in [1.54, 1.807) is 0 Å². The van der Waals surface area contributed by atoms with Crippen LogP contribution in [-0.2, 0) is 6.18 Å². The van der Waals surface area contributed by atoms with E-state index in [0.29, 0.717) is 10.7 Å². The van der Waals surface area contributed by atoms with E-state index < -0.39 is 17.6 Å². The van der Waals surface area contributed by atoms with Crippen molar-refractivity contribution in [3.05, 3.63) is 51.5 Å². The highest BCUT2D eigenvalue weighted by Gasteiger charge is 2.30. The van der Waals surface area contributed by atoms with Crippen molar-refractivity contribution in [1.82, 2.24) is 9.97 Å². The number of anilines is 1. The lowest BCUT2D eigenvalue weighted by molar-refractivity contribution is -0.137. The first-order valence-electron chi connectivity index (χ1n) is 5.43. The van der Waals surface area contributed by atoms with E-state index in [1.807, 2.05) is 0 Å². The van der Waals surface area contributed by atoms with Crippen LogP contribution in [0.1, 0.15) is 16.1 Å². The number of hydrogen-bond acceptors (Lipinski definition) is 3. The summed E-state index contributed by atoms with van der Waals surface area (Å²) in [5.41, 5.74) is -0.877. The van der Waals surface area contributed by atoms with Crippen molar-refractivity contribution in [2.45, 2.75) is 6.18 Å². The highest BCUT2D eigenvalue weighted by atomic mass is 79.9. The van der Waals surface area contributed by atoms with Crippen LogP contribution < -0.4 is 5.32 Å². The van der Waals surface area contributed by atoms with Crippen LogP contribution in [0.4, 0.5) is 18.9 Å². The van der Waals surface area contributed by atoms with Crippen molar-refractivity contribution >= 4 is 39.1 Å². The fourth-order valence-corrected chi connectivity index (χ4v) is 1.87. The standard InChI is InChI=1S/C12H6BrClF3N3O/c13-7-3-9(10(14)19-5-7)20-11(21)8-2-1-6(4-18-8)12(15,16)17/h1-5H,(H,20,21). The molecule has 2 rings (SSSR count). The molecule has 0 saturated heterocycles. The molecule has 2 aromatic rings. The molecule has 21 heavy (non-hydrogen) atoms. The molecular weight excluding hydrogens is 375 g/mol. The summed E-state index contributed by atoms with van der Waals surface area (Å²) in [6.45, 7) is 0. The number of hydrogen-bond donors (Lipinski definition) is 1. The Labute approximate surface area is 130 Å². The Morgan fingerprint density at radius 3 is 2.52 bits per heavy atom. The molecule has 0 spiro atoms. The summed E-state index contributed by atoms with van der Waals surface area (Å²) in [7, 11) is 0. The predicted molar refractivity (Wildman–Crippen MR) is 74.1 cm³/mol. The molecule has 0 unspecified atom stereocenters. The Balaban J connectivity index is 2.19. The van der Waals surface area contributed by atoms with Gasteiger partial charge < -0.3 is 5.32 Å². The minimum atomic E-state index is -4.50. The molecule has 1 amide bonds. The second-order valence-corrected chi connectivity index (χ2v) is 5.15. The number of rotatable bonds is 2. The summed E-state index contributed by atoms with van der Waals surface area (Å²) >= 11 is 8.96. The number of carbonyl (C=O) groups excluding carboxylic acids is 1. The number of aromatic nitrogens is 2. The summed E-state index contributed by atoms with van der Waals surface area (Å²) in [6, 6.07) is 3.28. The van der Waals surface area contributed by atoms with Crippen LogP contribution in [0.3, 0.4) is 0 Å². The molecule has 0 bridgehead atoms. The van der Waals surface area contributed by atoms with Crippen LogP contribution in [0.5, 0.6) is 0 Å². The molecule has 0 aliphatic heterocycles. The topological polar surface area (TPSA) is 54.9 Å². The SMILES string of the molecule is O=C(Nc1cc(Br)cnc1Cl)c1ccc(C(F)(F)F)cn1. The predicted octanol–water partition coefficient (Wildman–Crippen LogP) is 4.16. The fourth-order valence-electron chi connectivity index (χ4n) is 1.39. The highest BCUT2D eigenvalue weighted by molar-refractivity contribution is 9.10. The highest BCUT2D eigenvalue weighted by Crippen LogP contribution is 2.28. The molecule has 0 radical (unpaired) electrons. The van der Waals surface area contributed by atoms with Gasteiger partial charge in [0.05, 0.1) is 11.3 Å². The number of amides is 1. The number of alkyl halides is 3. The lowest BCUT2D eigenvalue weighted by atomic mass is 10.2. The van der Waals surface area contributed by atoms with Gasteiger partial charge in [0.1, 0.15) is 5.69 Å². The summed E-state index contributed by atoms with van der Waals surface area (Å²) in [6.07, 6.45) is -2.47. The van der Waals surface area contributed by atoms with Crippen LogP contribution >= 0.6 is 27.5 Å². The second-order valence-electron chi connectivity index (χ2n) is 3.88. The van der Waals surface area contributed by atoms with E-state index >= 15 is 0 Å². The van der Waals surface area contributed by atoms with Crippen molar-refractivity contribution in [2.75, 3.05) is 5.32 Å². The number of nitrogens with one attached hydrogen (secondary N) is 1. The minimum absolute atomic E-state index is 0.0541. The number of carbonyl (C=O) groups is 1. The van der Waals surface area contributed by atoms with Gasteiger partial charge in [-0.2, -0.15) is 13.2 Å². The number of nitrogens with zero attached hydrogens (tertiary/aromatic N) is 2. The summed E-state index contributed by atoms with van der Waals surface area (Å²) in [4.78, 5) is 19.2. The third-order valence-electron chi connectivity index (χ3n) is 2.38. The molecule has 1 N–H and O–H groups in total. The second kappa shape index (κ2) is 5.98. The third-order valence-corrected chi connectivity index (χ3v) is 3.11. The van der Waals surface area contributed by atoms with E-state index in [-0.39, 0.29) is 16.5 Å². The Bertz CT molecular complexity index is 676. The van der Waals surface area contributed by atoms with Gasteiger partial charge in [-0.3, -0.25) is 9.78 Å². The molecule has 110 valence electrons. The number of halogens is 5. The Morgan fingerprint density at radius 2 is 1.95 bits per heavy atom. The Hall–Kier alpha value is -1.67.